The van der Waals surface area contributed by atoms with Crippen LogP contribution in [0.1, 0.15) is 13.8 Å². The molecule has 2 aliphatic heterocycles. The highest BCUT2D eigenvalue weighted by Gasteiger charge is 2.61. The number of ether oxygens (including phenoxy) is 1. The topological polar surface area (TPSA) is 46.6 Å². The fourth-order valence-corrected chi connectivity index (χ4v) is 4.16. The van der Waals surface area contributed by atoms with Gasteiger partial charge in [0.25, 0.3) is 5.91 Å². The van der Waals surface area contributed by atoms with Crippen molar-refractivity contribution in [3.8, 4) is 0 Å². The second kappa shape index (κ2) is 5.34. The lowest BCUT2D eigenvalue weighted by Crippen LogP contribution is -2.58. The minimum atomic E-state index is -0.547. The molecule has 2 heterocycles. The van der Waals surface area contributed by atoms with Crippen LogP contribution in [0.15, 0.2) is 28.0 Å². The van der Waals surface area contributed by atoms with E-state index in [1.165, 1.54) is 6.08 Å². The zero-order chi connectivity index (χ0) is 14.2. The van der Waals surface area contributed by atoms with Crippen molar-refractivity contribution in [3.63, 3.8) is 0 Å². The summed E-state index contributed by atoms with van der Waals surface area (Å²) in [5.41, 5.74) is 3.57. The summed E-state index contributed by atoms with van der Waals surface area (Å²) in [6.45, 7) is 7.58. The molecule has 0 aromatic rings. The molecule has 6 heteroatoms. The zero-order valence-corrected chi connectivity index (χ0v) is 13.7. The van der Waals surface area contributed by atoms with Crippen LogP contribution in [0.2, 0.25) is 0 Å². The van der Waals surface area contributed by atoms with Gasteiger partial charge in [0, 0.05) is 8.83 Å². The van der Waals surface area contributed by atoms with Gasteiger partial charge >= 0.3 is 5.97 Å². The number of fused-ring (bicyclic) bond motifs is 1. The lowest BCUT2D eigenvalue weighted by Gasteiger charge is -2.38. The number of thioether (sulfide) groups is 1. The van der Waals surface area contributed by atoms with E-state index in [4.69, 9.17) is 4.74 Å². The number of carbonyl (C=O) groups is 2. The van der Waals surface area contributed by atoms with Crippen LogP contribution in [0.3, 0.4) is 0 Å². The number of rotatable bonds is 3. The molecular formula is C13H14INO3S. The third kappa shape index (κ3) is 2.37. The lowest BCUT2D eigenvalue weighted by molar-refractivity contribution is -0.156. The Morgan fingerprint density at radius 3 is 2.95 bits per heavy atom. The molecule has 0 unspecified atom stereocenters. The van der Waals surface area contributed by atoms with Crippen molar-refractivity contribution in [2.45, 2.75) is 30.0 Å². The SMILES string of the molecule is C=CCOC(=O)[C@@H]1N2C(=O)C(=C=CI)[C@H]2SC1(C)C. The van der Waals surface area contributed by atoms with Gasteiger partial charge in [-0.25, -0.2) is 4.79 Å². The molecule has 0 aromatic carbocycles. The molecule has 19 heavy (non-hydrogen) atoms. The lowest BCUT2D eigenvalue weighted by atomic mass is 9.96. The minimum absolute atomic E-state index is 0.0882. The second-order valence-corrected chi connectivity index (χ2v) is 7.13. The smallest absolute Gasteiger partial charge is 0.330 e. The molecule has 0 bridgehead atoms. The summed E-state index contributed by atoms with van der Waals surface area (Å²) in [6, 6.07) is -0.547. The van der Waals surface area contributed by atoms with Crippen LogP contribution in [0.5, 0.6) is 0 Å². The molecular weight excluding hydrogens is 377 g/mol. The fourth-order valence-electron chi connectivity index (χ4n) is 2.29. The van der Waals surface area contributed by atoms with E-state index in [9.17, 15) is 9.59 Å². The molecule has 1 amide bonds. The molecule has 2 saturated heterocycles. The largest absolute Gasteiger partial charge is 0.460 e. The van der Waals surface area contributed by atoms with Crippen LogP contribution in [0, 0.1) is 0 Å². The summed E-state index contributed by atoms with van der Waals surface area (Å²) in [6.07, 6.45) is 1.52. The first-order valence-corrected chi connectivity index (χ1v) is 7.90. The standard InChI is InChI=1S/C13H14INO3S/c1-4-7-18-12(17)9-13(2,3)19-11-8(5-6-14)10(16)15(9)11/h4,6,9,11H,1,7H2,2-3H3/t5?,9-,11+/m0/s1. The highest BCUT2D eigenvalue weighted by molar-refractivity contribution is 14.1. The summed E-state index contributed by atoms with van der Waals surface area (Å²) >= 11 is 3.62. The molecule has 0 N–H and O–H groups in total. The molecule has 0 spiro atoms. The summed E-state index contributed by atoms with van der Waals surface area (Å²) < 4.78 is 6.43. The Morgan fingerprint density at radius 1 is 1.68 bits per heavy atom. The number of amides is 1. The zero-order valence-electron chi connectivity index (χ0n) is 10.7. The average Bonchev–Trinajstić information content (AvgIpc) is 2.61. The molecule has 0 saturated carbocycles. The van der Waals surface area contributed by atoms with Gasteiger partial charge in [-0.2, -0.15) is 0 Å². The van der Waals surface area contributed by atoms with Gasteiger partial charge in [-0.1, -0.05) is 12.7 Å². The van der Waals surface area contributed by atoms with E-state index in [0.29, 0.717) is 5.57 Å². The van der Waals surface area contributed by atoms with Crippen molar-refractivity contribution in [2.24, 2.45) is 0 Å². The normalized spacial score (nSPS) is 27.2. The Labute approximate surface area is 130 Å². The van der Waals surface area contributed by atoms with E-state index in [0.717, 1.165) is 0 Å². The first-order chi connectivity index (χ1) is 8.94. The van der Waals surface area contributed by atoms with Crippen LogP contribution in [0.4, 0.5) is 0 Å². The van der Waals surface area contributed by atoms with E-state index >= 15 is 0 Å². The maximum Gasteiger partial charge on any atom is 0.330 e. The van der Waals surface area contributed by atoms with Gasteiger partial charge < -0.3 is 9.64 Å². The number of halogens is 1. The summed E-state index contributed by atoms with van der Waals surface area (Å²) in [7, 11) is 0. The van der Waals surface area contributed by atoms with Crippen molar-refractivity contribution in [3.05, 3.63) is 28.0 Å². The fraction of sp³-hybridized carbons (Fsp3) is 0.462. The molecule has 2 fully saturated rings. The first-order valence-electron chi connectivity index (χ1n) is 5.77. The number of esters is 1. The predicted octanol–water partition coefficient (Wildman–Crippen LogP) is 2.25. The summed E-state index contributed by atoms with van der Waals surface area (Å²) in [5.74, 6) is -0.498. The van der Waals surface area contributed by atoms with Crippen molar-refractivity contribution >= 4 is 46.2 Å². The molecule has 102 valence electrons. The summed E-state index contributed by atoms with van der Waals surface area (Å²) in [5, 5.41) is -0.0882. The predicted molar refractivity (Wildman–Crippen MR) is 82.9 cm³/mol. The number of nitrogens with zero attached hydrogens (tertiary/aromatic N) is 1. The quantitative estimate of drug-likeness (QED) is 0.185. The molecule has 0 radical (unpaired) electrons. The van der Waals surface area contributed by atoms with Gasteiger partial charge in [0.05, 0.1) is 5.57 Å². The van der Waals surface area contributed by atoms with Gasteiger partial charge in [-0.3, -0.25) is 4.79 Å². The highest BCUT2D eigenvalue weighted by Crippen LogP contribution is 2.52. The number of hydrogen-bond donors (Lipinski definition) is 0. The monoisotopic (exact) mass is 391 g/mol. The number of β-lactam (4-membered cyclic amide) rings is 1. The molecule has 2 aliphatic rings. The van der Waals surface area contributed by atoms with Crippen LogP contribution >= 0.6 is 34.4 Å². The maximum atomic E-state index is 12.1. The molecule has 2 rings (SSSR count). The molecule has 4 nitrogen and oxygen atoms in total. The van der Waals surface area contributed by atoms with E-state index in [1.807, 2.05) is 36.4 Å². The average molecular weight is 391 g/mol. The molecule has 2 atom stereocenters. The van der Waals surface area contributed by atoms with Crippen molar-refractivity contribution in [1.82, 2.24) is 4.90 Å². The maximum absolute atomic E-state index is 12.1. The van der Waals surface area contributed by atoms with Crippen molar-refractivity contribution in [2.75, 3.05) is 6.61 Å². The Balaban J connectivity index is 2.26. The number of carbonyl (C=O) groups excluding carboxylic acids is 2. The molecule has 0 aromatic heterocycles. The van der Waals surface area contributed by atoms with Gasteiger partial charge in [-0.15, -0.1) is 17.5 Å². The Bertz CT molecular complexity index is 508. The number of hydrogen-bond acceptors (Lipinski definition) is 4. The highest BCUT2D eigenvalue weighted by atomic mass is 127. The van der Waals surface area contributed by atoms with Crippen molar-refractivity contribution in [1.29, 1.82) is 0 Å². The van der Waals surface area contributed by atoms with Gasteiger partial charge in [-0.05, 0) is 36.4 Å². The van der Waals surface area contributed by atoms with Crippen LogP contribution in [0.25, 0.3) is 0 Å². The Morgan fingerprint density at radius 2 is 2.37 bits per heavy atom. The van der Waals surface area contributed by atoms with Crippen LogP contribution in [-0.2, 0) is 14.3 Å². The first kappa shape index (κ1) is 14.7. The van der Waals surface area contributed by atoms with Crippen LogP contribution in [-0.4, -0.2) is 39.5 Å². The van der Waals surface area contributed by atoms with E-state index in [-0.39, 0.29) is 28.6 Å². The summed E-state index contributed by atoms with van der Waals surface area (Å²) in [4.78, 5) is 25.8. The Kier molecular flexibility index (Phi) is 4.13. The van der Waals surface area contributed by atoms with Gasteiger partial charge in [0.1, 0.15) is 18.0 Å². The van der Waals surface area contributed by atoms with E-state index < -0.39 is 6.04 Å². The van der Waals surface area contributed by atoms with Gasteiger partial charge in [0.15, 0.2) is 0 Å². The van der Waals surface area contributed by atoms with E-state index in [1.54, 1.807) is 20.7 Å². The van der Waals surface area contributed by atoms with Crippen molar-refractivity contribution < 1.29 is 14.3 Å². The third-order valence-electron chi connectivity index (χ3n) is 3.09. The third-order valence-corrected chi connectivity index (χ3v) is 4.92. The Hall–Kier alpha value is -0.720. The molecule has 0 aliphatic carbocycles. The van der Waals surface area contributed by atoms with E-state index in [2.05, 4.69) is 12.3 Å². The minimum Gasteiger partial charge on any atom is -0.460 e. The second-order valence-electron chi connectivity index (χ2n) is 4.77. The van der Waals surface area contributed by atoms with Gasteiger partial charge in [0.2, 0.25) is 0 Å². The van der Waals surface area contributed by atoms with Crippen LogP contribution < -0.4 is 0 Å².